The summed E-state index contributed by atoms with van der Waals surface area (Å²) in [5.74, 6) is 0.592. The van der Waals surface area contributed by atoms with Gasteiger partial charge in [0, 0.05) is 19.6 Å². The highest BCUT2D eigenvalue weighted by atomic mass is 16.2. The normalized spacial score (nSPS) is 18.0. The van der Waals surface area contributed by atoms with Gasteiger partial charge >= 0.3 is 6.03 Å². The minimum atomic E-state index is 0.0344. The molecule has 0 bridgehead atoms. The second-order valence-corrected chi connectivity index (χ2v) is 6.21. The Morgan fingerprint density at radius 3 is 2.91 bits per heavy atom. The lowest BCUT2D eigenvalue weighted by molar-refractivity contribution is 0.169. The summed E-state index contributed by atoms with van der Waals surface area (Å²) in [5, 5.41) is 7.19. The molecule has 1 atom stereocenters. The molecule has 1 aromatic carbocycles. The van der Waals surface area contributed by atoms with Gasteiger partial charge in [-0.2, -0.15) is 5.10 Å². The lowest BCUT2D eigenvalue weighted by Crippen LogP contribution is -2.44. The first-order valence-corrected chi connectivity index (χ1v) is 8.14. The van der Waals surface area contributed by atoms with Gasteiger partial charge in [-0.15, -0.1) is 0 Å². The van der Waals surface area contributed by atoms with Crippen LogP contribution in [0.1, 0.15) is 30.9 Å². The van der Waals surface area contributed by atoms with Gasteiger partial charge < -0.3 is 10.2 Å². The van der Waals surface area contributed by atoms with E-state index in [1.54, 1.807) is 11.0 Å². The number of urea groups is 1. The summed E-state index contributed by atoms with van der Waals surface area (Å²) in [7, 11) is 0. The van der Waals surface area contributed by atoms with E-state index in [1.165, 1.54) is 12.7 Å². The number of likely N-dealkylation sites (tertiary alicyclic amines) is 1. The van der Waals surface area contributed by atoms with Gasteiger partial charge in [-0.25, -0.2) is 14.5 Å². The molecule has 1 aromatic heterocycles. The van der Waals surface area contributed by atoms with Gasteiger partial charge in [0.2, 0.25) is 0 Å². The van der Waals surface area contributed by atoms with Crippen LogP contribution in [0.5, 0.6) is 0 Å². The number of carbonyl (C=O) groups is 1. The summed E-state index contributed by atoms with van der Waals surface area (Å²) >= 11 is 0. The van der Waals surface area contributed by atoms with Crippen molar-refractivity contribution in [3.63, 3.8) is 0 Å². The van der Waals surface area contributed by atoms with Crippen molar-refractivity contribution >= 4 is 6.03 Å². The highest BCUT2D eigenvalue weighted by Gasteiger charge is 2.20. The molecule has 2 aromatic rings. The van der Waals surface area contributed by atoms with Crippen molar-refractivity contribution in [2.45, 2.75) is 32.9 Å². The molecule has 1 aliphatic heterocycles. The van der Waals surface area contributed by atoms with E-state index in [-0.39, 0.29) is 6.03 Å². The zero-order valence-electron chi connectivity index (χ0n) is 13.5. The number of rotatable bonds is 4. The maximum atomic E-state index is 12.3. The third-order valence-corrected chi connectivity index (χ3v) is 4.29. The highest BCUT2D eigenvalue weighted by Crippen LogP contribution is 2.16. The Kier molecular flexibility index (Phi) is 4.90. The third kappa shape index (κ3) is 4.09. The van der Waals surface area contributed by atoms with Gasteiger partial charge in [-0.1, -0.05) is 31.2 Å². The Labute approximate surface area is 136 Å². The van der Waals surface area contributed by atoms with Crippen molar-refractivity contribution in [1.29, 1.82) is 0 Å². The van der Waals surface area contributed by atoms with E-state index in [0.29, 0.717) is 19.0 Å². The SMILES string of the molecule is CC1CCCN(C(=O)NCc2ccccc2Cn2cncn2)C1. The Hall–Kier alpha value is -2.37. The van der Waals surface area contributed by atoms with Crippen LogP contribution in [0.15, 0.2) is 36.9 Å². The first-order valence-electron chi connectivity index (χ1n) is 8.14. The average Bonchev–Trinajstić information content (AvgIpc) is 3.07. The Balaban J connectivity index is 1.60. The van der Waals surface area contributed by atoms with E-state index >= 15 is 0 Å². The van der Waals surface area contributed by atoms with Crippen molar-refractivity contribution in [2.24, 2.45) is 5.92 Å². The second-order valence-electron chi connectivity index (χ2n) is 6.21. The average molecular weight is 313 g/mol. The van der Waals surface area contributed by atoms with Gasteiger partial charge in [-0.05, 0) is 29.9 Å². The van der Waals surface area contributed by atoms with Crippen molar-refractivity contribution in [1.82, 2.24) is 25.0 Å². The summed E-state index contributed by atoms with van der Waals surface area (Å²) in [6, 6.07) is 8.14. The zero-order chi connectivity index (χ0) is 16.1. The lowest BCUT2D eigenvalue weighted by atomic mass is 10.0. The molecule has 1 aliphatic rings. The van der Waals surface area contributed by atoms with Crippen LogP contribution in [0.2, 0.25) is 0 Å². The molecule has 2 heterocycles. The minimum Gasteiger partial charge on any atom is -0.334 e. The maximum Gasteiger partial charge on any atom is 0.317 e. The fourth-order valence-corrected chi connectivity index (χ4v) is 3.03. The standard InChI is InChI=1S/C17H23N5O/c1-14-5-4-8-21(10-14)17(23)19-9-15-6-2-3-7-16(15)11-22-13-18-12-20-22/h2-3,6-7,12-14H,4-5,8-11H2,1H3,(H,19,23). The van der Waals surface area contributed by atoms with Crippen LogP contribution in [0.3, 0.4) is 0 Å². The van der Waals surface area contributed by atoms with Gasteiger partial charge in [0.15, 0.2) is 0 Å². The van der Waals surface area contributed by atoms with E-state index < -0.39 is 0 Å². The summed E-state index contributed by atoms with van der Waals surface area (Å²) < 4.78 is 1.78. The van der Waals surface area contributed by atoms with Gasteiger partial charge in [-0.3, -0.25) is 0 Å². The highest BCUT2D eigenvalue weighted by molar-refractivity contribution is 5.74. The molecule has 0 spiro atoms. The quantitative estimate of drug-likeness (QED) is 0.942. The van der Waals surface area contributed by atoms with E-state index in [9.17, 15) is 4.79 Å². The molecule has 6 heteroatoms. The molecule has 1 N–H and O–H groups in total. The van der Waals surface area contributed by atoms with E-state index in [0.717, 1.165) is 30.6 Å². The molecule has 3 rings (SSSR count). The van der Waals surface area contributed by atoms with E-state index in [2.05, 4.69) is 28.4 Å². The largest absolute Gasteiger partial charge is 0.334 e. The lowest BCUT2D eigenvalue weighted by Gasteiger charge is -2.31. The first-order chi connectivity index (χ1) is 11.2. The fraction of sp³-hybridized carbons (Fsp3) is 0.471. The predicted molar refractivity (Wildman–Crippen MR) is 87.8 cm³/mol. The van der Waals surface area contributed by atoms with Crippen LogP contribution in [-0.2, 0) is 13.1 Å². The molecule has 0 aliphatic carbocycles. The van der Waals surface area contributed by atoms with Crippen molar-refractivity contribution in [3.05, 3.63) is 48.0 Å². The topological polar surface area (TPSA) is 63.1 Å². The fourth-order valence-electron chi connectivity index (χ4n) is 3.03. The summed E-state index contributed by atoms with van der Waals surface area (Å²) in [6.07, 6.45) is 5.54. The van der Waals surface area contributed by atoms with Crippen LogP contribution in [-0.4, -0.2) is 38.8 Å². The molecular weight excluding hydrogens is 290 g/mol. The van der Waals surface area contributed by atoms with Crippen molar-refractivity contribution < 1.29 is 4.79 Å². The second kappa shape index (κ2) is 7.26. The van der Waals surface area contributed by atoms with Gasteiger partial charge in [0.25, 0.3) is 0 Å². The molecule has 23 heavy (non-hydrogen) atoms. The Morgan fingerprint density at radius 2 is 2.17 bits per heavy atom. The molecule has 6 nitrogen and oxygen atoms in total. The smallest absolute Gasteiger partial charge is 0.317 e. The number of carbonyl (C=O) groups excluding carboxylic acids is 1. The molecule has 0 saturated carbocycles. The molecule has 1 saturated heterocycles. The third-order valence-electron chi connectivity index (χ3n) is 4.29. The number of amides is 2. The molecule has 1 unspecified atom stereocenters. The van der Waals surface area contributed by atoms with Gasteiger partial charge in [0.1, 0.15) is 12.7 Å². The number of hydrogen-bond donors (Lipinski definition) is 1. The number of piperidine rings is 1. The van der Waals surface area contributed by atoms with Crippen molar-refractivity contribution in [2.75, 3.05) is 13.1 Å². The number of nitrogens with one attached hydrogen (secondary N) is 1. The summed E-state index contributed by atoms with van der Waals surface area (Å²) in [4.78, 5) is 18.2. The monoisotopic (exact) mass is 313 g/mol. The minimum absolute atomic E-state index is 0.0344. The molecule has 0 radical (unpaired) electrons. The van der Waals surface area contributed by atoms with Crippen LogP contribution in [0.25, 0.3) is 0 Å². The molecule has 2 amide bonds. The van der Waals surface area contributed by atoms with Crippen LogP contribution in [0, 0.1) is 5.92 Å². The predicted octanol–water partition coefficient (Wildman–Crippen LogP) is 2.27. The van der Waals surface area contributed by atoms with Crippen LogP contribution < -0.4 is 5.32 Å². The van der Waals surface area contributed by atoms with Crippen LogP contribution >= 0.6 is 0 Å². The summed E-state index contributed by atoms with van der Waals surface area (Å²) in [5.41, 5.74) is 2.26. The van der Waals surface area contributed by atoms with Gasteiger partial charge in [0.05, 0.1) is 6.54 Å². The zero-order valence-corrected chi connectivity index (χ0v) is 13.5. The van der Waals surface area contributed by atoms with E-state index in [4.69, 9.17) is 0 Å². The van der Waals surface area contributed by atoms with Crippen LogP contribution in [0.4, 0.5) is 4.79 Å². The maximum absolute atomic E-state index is 12.3. The van der Waals surface area contributed by atoms with Crippen molar-refractivity contribution in [3.8, 4) is 0 Å². The first kappa shape index (κ1) is 15.5. The number of nitrogens with zero attached hydrogens (tertiary/aromatic N) is 4. The Morgan fingerprint density at radius 1 is 1.35 bits per heavy atom. The van der Waals surface area contributed by atoms with E-state index in [1.807, 2.05) is 23.1 Å². The number of aromatic nitrogens is 3. The molecule has 1 fully saturated rings. The Bertz CT molecular complexity index is 640. The number of benzene rings is 1. The number of hydrogen-bond acceptors (Lipinski definition) is 3. The molecule has 122 valence electrons. The summed E-state index contributed by atoms with van der Waals surface area (Å²) in [6.45, 7) is 5.11. The molecular formula is C17H23N5O.